The number of anilines is 1. The van der Waals surface area contributed by atoms with Gasteiger partial charge in [-0.15, -0.1) is 0 Å². The molecule has 0 bridgehead atoms. The molecule has 1 atom stereocenters. The first-order valence-electron chi connectivity index (χ1n) is 13.6. The number of hydrogen-bond acceptors (Lipinski definition) is 6. The molecule has 0 radical (unpaired) electrons. The number of rotatable bonds is 15. The van der Waals surface area contributed by atoms with Gasteiger partial charge in [-0.25, -0.2) is 4.79 Å². The Kier molecular flexibility index (Phi) is 8.07. The van der Waals surface area contributed by atoms with E-state index in [0.717, 1.165) is 37.8 Å². The van der Waals surface area contributed by atoms with Crippen molar-refractivity contribution in [3.63, 3.8) is 0 Å². The minimum atomic E-state index is -1.00. The van der Waals surface area contributed by atoms with Crippen LogP contribution in [0, 0.1) is 11.3 Å². The van der Waals surface area contributed by atoms with E-state index in [1.165, 1.54) is 0 Å². The summed E-state index contributed by atoms with van der Waals surface area (Å²) in [5.41, 5.74) is 2.17. The van der Waals surface area contributed by atoms with Crippen LogP contribution in [0.5, 0.6) is 5.75 Å². The molecule has 1 unspecified atom stereocenters. The molecule has 39 heavy (non-hydrogen) atoms. The number of carboxylic acids is 1. The molecule has 0 heterocycles. The van der Waals surface area contributed by atoms with Crippen molar-refractivity contribution in [3.8, 4) is 5.75 Å². The summed E-state index contributed by atoms with van der Waals surface area (Å²) in [5, 5.41) is 16.3. The number of para-hydroxylation sites is 1. The summed E-state index contributed by atoms with van der Waals surface area (Å²) in [7, 11) is 0. The van der Waals surface area contributed by atoms with E-state index in [9.17, 15) is 19.5 Å². The van der Waals surface area contributed by atoms with Gasteiger partial charge in [-0.1, -0.05) is 54.6 Å². The van der Waals surface area contributed by atoms with E-state index in [4.69, 9.17) is 4.74 Å². The Hall–Kier alpha value is -3.97. The molecule has 0 aliphatic heterocycles. The molecule has 2 fully saturated rings. The molecule has 3 aromatic rings. The molecular formula is C32H34N2O5. The Morgan fingerprint density at radius 3 is 2.28 bits per heavy atom. The summed E-state index contributed by atoms with van der Waals surface area (Å²) in [6, 6.07) is 22.4. The van der Waals surface area contributed by atoms with Crippen molar-refractivity contribution in [2.24, 2.45) is 11.3 Å². The second-order valence-electron chi connectivity index (χ2n) is 10.6. The minimum Gasteiger partial charge on any atom is -0.492 e. The molecule has 7 heteroatoms. The largest absolute Gasteiger partial charge is 0.492 e. The number of ketones is 2. The van der Waals surface area contributed by atoms with Gasteiger partial charge in [0, 0.05) is 47.7 Å². The zero-order valence-corrected chi connectivity index (χ0v) is 21.9. The molecule has 2 saturated carbocycles. The number of ether oxygens (including phenoxy) is 1. The first-order chi connectivity index (χ1) is 18.9. The molecule has 2 aliphatic rings. The normalized spacial score (nSPS) is 16.2. The lowest BCUT2D eigenvalue weighted by molar-refractivity contribution is -0.137. The van der Waals surface area contributed by atoms with Crippen molar-refractivity contribution in [2.75, 3.05) is 25.0 Å². The van der Waals surface area contributed by atoms with E-state index in [0.29, 0.717) is 47.4 Å². The van der Waals surface area contributed by atoms with Gasteiger partial charge >= 0.3 is 5.97 Å². The van der Waals surface area contributed by atoms with E-state index in [2.05, 4.69) is 10.6 Å². The Balaban J connectivity index is 1.12. The van der Waals surface area contributed by atoms with Crippen LogP contribution in [-0.4, -0.2) is 48.4 Å². The van der Waals surface area contributed by atoms with Crippen LogP contribution >= 0.6 is 0 Å². The maximum Gasteiger partial charge on any atom is 0.326 e. The maximum absolute atomic E-state index is 13.0. The number of carbonyl (C=O) groups excluding carboxylic acids is 2. The van der Waals surface area contributed by atoms with Gasteiger partial charge in [-0.3, -0.25) is 9.59 Å². The minimum absolute atomic E-state index is 0.118. The first kappa shape index (κ1) is 26.6. The number of benzene rings is 3. The lowest BCUT2D eigenvalue weighted by Gasteiger charge is -2.18. The summed E-state index contributed by atoms with van der Waals surface area (Å²) < 4.78 is 5.83. The molecule has 3 N–H and O–H groups in total. The molecule has 0 amide bonds. The Morgan fingerprint density at radius 2 is 1.62 bits per heavy atom. The highest BCUT2D eigenvalue weighted by atomic mass is 16.5. The third-order valence-electron chi connectivity index (χ3n) is 7.53. The second-order valence-corrected chi connectivity index (χ2v) is 10.6. The van der Waals surface area contributed by atoms with Crippen molar-refractivity contribution in [2.45, 2.75) is 38.1 Å². The fourth-order valence-corrected chi connectivity index (χ4v) is 4.91. The van der Waals surface area contributed by atoms with Gasteiger partial charge < -0.3 is 20.5 Å². The van der Waals surface area contributed by atoms with Gasteiger partial charge in [0.25, 0.3) is 0 Å². The average molecular weight is 527 g/mol. The summed E-state index contributed by atoms with van der Waals surface area (Å²) in [6.07, 6.45) is 4.36. The van der Waals surface area contributed by atoms with Gasteiger partial charge in [-0.05, 0) is 55.5 Å². The van der Waals surface area contributed by atoms with Crippen LogP contribution in [0.2, 0.25) is 0 Å². The van der Waals surface area contributed by atoms with Crippen LogP contribution in [0.3, 0.4) is 0 Å². The van der Waals surface area contributed by atoms with E-state index in [1.807, 2.05) is 30.3 Å². The highest BCUT2D eigenvalue weighted by Gasteiger charge is 2.53. The first-order valence-corrected chi connectivity index (χ1v) is 13.6. The number of nitrogens with one attached hydrogen (secondary N) is 2. The highest BCUT2D eigenvalue weighted by Crippen LogP contribution is 2.51. The predicted molar refractivity (Wildman–Crippen MR) is 149 cm³/mol. The molecule has 2 aliphatic carbocycles. The van der Waals surface area contributed by atoms with Crippen LogP contribution in [0.1, 0.15) is 47.2 Å². The van der Waals surface area contributed by atoms with Gasteiger partial charge in [0.2, 0.25) is 0 Å². The summed E-state index contributed by atoms with van der Waals surface area (Å²) >= 11 is 0. The van der Waals surface area contributed by atoms with Crippen molar-refractivity contribution >= 4 is 23.2 Å². The zero-order valence-electron chi connectivity index (χ0n) is 21.9. The van der Waals surface area contributed by atoms with Crippen LogP contribution in [-0.2, 0) is 16.0 Å². The summed E-state index contributed by atoms with van der Waals surface area (Å²) in [6.45, 7) is 1.88. The third-order valence-corrected chi connectivity index (χ3v) is 7.53. The topological polar surface area (TPSA) is 105 Å². The van der Waals surface area contributed by atoms with Crippen LogP contribution < -0.4 is 15.4 Å². The second kappa shape index (κ2) is 11.8. The fourth-order valence-electron chi connectivity index (χ4n) is 4.91. The Morgan fingerprint density at radius 1 is 0.923 bits per heavy atom. The quantitative estimate of drug-likeness (QED) is 0.194. The van der Waals surface area contributed by atoms with Gasteiger partial charge in [0.15, 0.2) is 5.78 Å². The number of aliphatic carboxylic acids is 1. The van der Waals surface area contributed by atoms with Crippen molar-refractivity contribution in [1.82, 2.24) is 5.32 Å². The summed E-state index contributed by atoms with van der Waals surface area (Å²) in [5.74, 6) is 0.297. The van der Waals surface area contributed by atoms with Gasteiger partial charge in [0.1, 0.15) is 24.2 Å². The zero-order chi connectivity index (χ0) is 27.2. The lowest BCUT2D eigenvalue weighted by atomic mass is 9.97. The lowest BCUT2D eigenvalue weighted by Crippen LogP contribution is -2.33. The number of carboxylic acid groups (broad SMARTS) is 1. The standard InChI is InChI=1S/C32H34N2O5/c35-29(23-6-2-1-3-7-23)26-8-4-5-9-27(26)34-28(31(37)38)20-22-10-14-25(15-11-22)39-19-18-33-21-32(16-17-32)30(36)24-12-13-24/h1-11,14-15,24,28,33-34H,12-13,16-21H2,(H,37,38). The molecule has 0 saturated heterocycles. The maximum atomic E-state index is 13.0. The van der Waals surface area contributed by atoms with Crippen LogP contribution in [0.25, 0.3) is 0 Å². The molecule has 0 aromatic heterocycles. The van der Waals surface area contributed by atoms with E-state index in [-0.39, 0.29) is 17.6 Å². The van der Waals surface area contributed by atoms with E-state index in [1.54, 1.807) is 48.5 Å². The molecule has 3 aromatic carbocycles. The van der Waals surface area contributed by atoms with E-state index >= 15 is 0 Å². The van der Waals surface area contributed by atoms with Crippen molar-refractivity contribution in [3.05, 3.63) is 95.6 Å². The van der Waals surface area contributed by atoms with Crippen LogP contribution in [0.15, 0.2) is 78.9 Å². The Bertz CT molecular complexity index is 1310. The molecular weight excluding hydrogens is 492 g/mol. The predicted octanol–water partition coefficient (Wildman–Crippen LogP) is 4.75. The van der Waals surface area contributed by atoms with Crippen molar-refractivity contribution in [1.29, 1.82) is 0 Å². The number of Topliss-reactive ketones (excluding diaryl/α,β-unsaturated/α-hetero) is 1. The third kappa shape index (κ3) is 6.73. The molecule has 202 valence electrons. The highest BCUT2D eigenvalue weighted by molar-refractivity contribution is 6.12. The number of hydrogen-bond donors (Lipinski definition) is 3. The number of carbonyl (C=O) groups is 3. The Labute approximate surface area is 228 Å². The van der Waals surface area contributed by atoms with Crippen molar-refractivity contribution < 1.29 is 24.2 Å². The fraction of sp³-hybridized carbons (Fsp3) is 0.344. The van der Waals surface area contributed by atoms with E-state index < -0.39 is 12.0 Å². The SMILES string of the molecule is O=C(c1ccccc1)c1ccccc1NC(Cc1ccc(OCCNCC2(C(=O)C3CC3)CC2)cc1)C(=O)O. The monoisotopic (exact) mass is 526 g/mol. The van der Waals surface area contributed by atoms with Gasteiger partial charge in [0.05, 0.1) is 0 Å². The molecule has 0 spiro atoms. The molecule has 5 rings (SSSR count). The molecule has 7 nitrogen and oxygen atoms in total. The average Bonchev–Trinajstić information content (AvgIpc) is 3.89. The van der Waals surface area contributed by atoms with Crippen LogP contribution in [0.4, 0.5) is 5.69 Å². The summed E-state index contributed by atoms with van der Waals surface area (Å²) in [4.78, 5) is 37.5. The van der Waals surface area contributed by atoms with Gasteiger partial charge in [-0.2, -0.15) is 0 Å². The smallest absolute Gasteiger partial charge is 0.326 e.